The molecule has 0 aromatic heterocycles. The number of rotatable bonds is 15. The molecule has 0 aliphatic carbocycles. The Morgan fingerprint density at radius 2 is 1.32 bits per heavy atom. The van der Waals surface area contributed by atoms with Crippen LogP contribution in [0.1, 0.15) is 72.1 Å². The van der Waals surface area contributed by atoms with Crippen LogP contribution < -0.4 is 0 Å². The van der Waals surface area contributed by atoms with E-state index in [0.717, 1.165) is 12.8 Å². The predicted molar refractivity (Wildman–Crippen MR) is 89.3 cm³/mol. The summed E-state index contributed by atoms with van der Waals surface area (Å²) in [4.78, 5) is 11.7. The molecule has 6 heteroatoms. The van der Waals surface area contributed by atoms with Crippen LogP contribution in [0.2, 0.25) is 0 Å². The molecule has 0 aromatic carbocycles. The Balaban J connectivity index is 3.66. The summed E-state index contributed by atoms with van der Waals surface area (Å²) in [5.74, 6) is -0.506. The lowest BCUT2D eigenvalue weighted by Gasteiger charge is -2.16. The summed E-state index contributed by atoms with van der Waals surface area (Å²) in [5.41, 5.74) is 0. The molecule has 0 aliphatic heterocycles. The first-order valence-electron chi connectivity index (χ1n) is 8.61. The van der Waals surface area contributed by atoms with Crippen molar-refractivity contribution in [2.24, 2.45) is 0 Å². The van der Waals surface area contributed by atoms with Gasteiger partial charge in [0.15, 0.2) is 0 Å². The number of ether oxygens (including phenoxy) is 1. The normalized spacial score (nSPS) is 11.6. The van der Waals surface area contributed by atoms with Gasteiger partial charge in [-0.3, -0.25) is 9.36 Å². The van der Waals surface area contributed by atoms with Gasteiger partial charge in [0.05, 0.1) is 19.8 Å². The minimum Gasteiger partial charge on any atom is -0.465 e. The maximum absolute atomic E-state index is 12.1. The van der Waals surface area contributed by atoms with Crippen molar-refractivity contribution in [1.82, 2.24) is 0 Å². The molecular weight excluding hydrogens is 303 g/mol. The first-order chi connectivity index (χ1) is 10.6. The Labute approximate surface area is 135 Å². The van der Waals surface area contributed by atoms with Crippen molar-refractivity contribution in [3.63, 3.8) is 0 Å². The van der Waals surface area contributed by atoms with E-state index in [-0.39, 0.29) is 19.4 Å². The number of carbonyl (C=O) groups is 1. The Bertz CT molecular complexity index is 310. The van der Waals surface area contributed by atoms with Gasteiger partial charge in [0.1, 0.15) is 6.16 Å². The van der Waals surface area contributed by atoms with E-state index >= 15 is 0 Å². The smallest absolute Gasteiger partial charge is 0.341 e. The van der Waals surface area contributed by atoms with Crippen molar-refractivity contribution < 1.29 is 23.1 Å². The van der Waals surface area contributed by atoms with Gasteiger partial charge < -0.3 is 13.8 Å². The maximum atomic E-state index is 12.1. The highest BCUT2D eigenvalue weighted by atomic mass is 31.2. The van der Waals surface area contributed by atoms with E-state index in [1.165, 1.54) is 38.5 Å². The Morgan fingerprint density at radius 3 is 1.82 bits per heavy atom. The first kappa shape index (κ1) is 21.6. The van der Waals surface area contributed by atoms with Crippen LogP contribution in [-0.4, -0.2) is 32.0 Å². The molecule has 0 spiro atoms. The average Bonchev–Trinajstić information content (AvgIpc) is 2.45. The SMILES string of the molecule is CCCCCCCCCCOC(=O)CP(=O)(OCC)OCC. The second-order valence-corrected chi connectivity index (χ2v) is 7.35. The minimum absolute atomic E-state index is 0.253. The topological polar surface area (TPSA) is 61.8 Å². The summed E-state index contributed by atoms with van der Waals surface area (Å²) in [6.07, 6.45) is 9.23. The van der Waals surface area contributed by atoms with Crippen LogP contribution in [0.5, 0.6) is 0 Å². The van der Waals surface area contributed by atoms with Gasteiger partial charge in [0.25, 0.3) is 0 Å². The van der Waals surface area contributed by atoms with Crippen LogP contribution in [0.25, 0.3) is 0 Å². The standard InChI is InChI=1S/C16H33O5P/c1-4-7-8-9-10-11-12-13-14-19-16(17)15-22(18,20-5-2)21-6-3/h4-15H2,1-3H3. The lowest BCUT2D eigenvalue weighted by atomic mass is 10.1. The largest absolute Gasteiger partial charge is 0.465 e. The van der Waals surface area contributed by atoms with Crippen LogP contribution in [0.3, 0.4) is 0 Å². The van der Waals surface area contributed by atoms with Gasteiger partial charge in [-0.2, -0.15) is 0 Å². The summed E-state index contributed by atoms with van der Waals surface area (Å²) in [5, 5.41) is 0. The molecule has 0 heterocycles. The fraction of sp³-hybridized carbons (Fsp3) is 0.938. The molecule has 0 unspecified atom stereocenters. The zero-order chi connectivity index (χ0) is 16.7. The van der Waals surface area contributed by atoms with E-state index in [0.29, 0.717) is 6.61 Å². The molecule has 0 N–H and O–H groups in total. The quantitative estimate of drug-likeness (QED) is 0.241. The summed E-state index contributed by atoms with van der Waals surface area (Å²) < 4.78 is 27.4. The van der Waals surface area contributed by atoms with Crippen LogP contribution in [0.15, 0.2) is 0 Å². The zero-order valence-electron chi connectivity index (χ0n) is 14.5. The summed E-state index contributed by atoms with van der Waals surface area (Å²) in [7, 11) is -3.33. The molecule has 132 valence electrons. The molecule has 5 nitrogen and oxygen atoms in total. The molecule has 0 rings (SSSR count). The van der Waals surface area contributed by atoms with E-state index in [4.69, 9.17) is 13.8 Å². The lowest BCUT2D eigenvalue weighted by Crippen LogP contribution is -2.14. The van der Waals surface area contributed by atoms with Crippen LogP contribution in [-0.2, 0) is 23.1 Å². The van der Waals surface area contributed by atoms with Crippen molar-refractivity contribution in [3.8, 4) is 0 Å². The third-order valence-electron chi connectivity index (χ3n) is 3.24. The molecular formula is C16H33O5P. The van der Waals surface area contributed by atoms with Gasteiger partial charge in [0.2, 0.25) is 0 Å². The van der Waals surface area contributed by atoms with Gasteiger partial charge in [-0.05, 0) is 20.3 Å². The van der Waals surface area contributed by atoms with Crippen molar-refractivity contribution in [2.75, 3.05) is 26.0 Å². The highest BCUT2D eigenvalue weighted by molar-refractivity contribution is 7.54. The van der Waals surface area contributed by atoms with Gasteiger partial charge in [-0.25, -0.2) is 0 Å². The average molecular weight is 336 g/mol. The zero-order valence-corrected chi connectivity index (χ0v) is 15.4. The molecule has 0 aromatic rings. The van der Waals surface area contributed by atoms with Gasteiger partial charge in [0, 0.05) is 0 Å². The highest BCUT2D eigenvalue weighted by Crippen LogP contribution is 2.47. The number of carbonyl (C=O) groups excluding carboxylic acids is 1. The third-order valence-corrected chi connectivity index (χ3v) is 5.18. The molecule has 0 bridgehead atoms. The number of unbranched alkanes of at least 4 members (excludes halogenated alkanes) is 7. The third kappa shape index (κ3) is 12.2. The van der Waals surface area contributed by atoms with Crippen LogP contribution >= 0.6 is 7.60 Å². The molecule has 22 heavy (non-hydrogen) atoms. The van der Waals surface area contributed by atoms with Crippen molar-refractivity contribution in [3.05, 3.63) is 0 Å². The second kappa shape index (κ2) is 14.2. The van der Waals surface area contributed by atoms with E-state index in [9.17, 15) is 9.36 Å². The van der Waals surface area contributed by atoms with E-state index in [1.54, 1.807) is 13.8 Å². The molecule has 0 atom stereocenters. The lowest BCUT2D eigenvalue weighted by molar-refractivity contribution is -0.141. The van der Waals surface area contributed by atoms with Crippen molar-refractivity contribution >= 4 is 13.6 Å². The minimum atomic E-state index is -3.33. The first-order valence-corrected chi connectivity index (χ1v) is 10.3. The van der Waals surface area contributed by atoms with Gasteiger partial charge in [-0.15, -0.1) is 0 Å². The Kier molecular flexibility index (Phi) is 14.0. The van der Waals surface area contributed by atoms with Gasteiger partial charge >= 0.3 is 13.6 Å². The molecule has 0 radical (unpaired) electrons. The number of hydrogen-bond acceptors (Lipinski definition) is 5. The molecule has 0 saturated heterocycles. The van der Waals surface area contributed by atoms with Crippen LogP contribution in [0.4, 0.5) is 0 Å². The highest BCUT2D eigenvalue weighted by Gasteiger charge is 2.28. The monoisotopic (exact) mass is 336 g/mol. The van der Waals surface area contributed by atoms with Gasteiger partial charge in [-0.1, -0.05) is 51.9 Å². The summed E-state index contributed by atoms with van der Waals surface area (Å²) in [6, 6.07) is 0. The Hall–Kier alpha value is -0.380. The maximum Gasteiger partial charge on any atom is 0.341 e. The fourth-order valence-electron chi connectivity index (χ4n) is 2.15. The predicted octanol–water partition coefficient (Wildman–Crippen LogP) is 4.94. The molecule has 0 saturated carbocycles. The molecule has 0 amide bonds. The summed E-state index contributed by atoms with van der Waals surface area (Å²) >= 11 is 0. The van der Waals surface area contributed by atoms with Crippen LogP contribution in [0, 0.1) is 0 Å². The van der Waals surface area contributed by atoms with E-state index in [1.807, 2.05) is 0 Å². The van der Waals surface area contributed by atoms with E-state index < -0.39 is 13.6 Å². The number of hydrogen-bond donors (Lipinski definition) is 0. The van der Waals surface area contributed by atoms with Crippen molar-refractivity contribution in [1.29, 1.82) is 0 Å². The Morgan fingerprint density at radius 1 is 0.818 bits per heavy atom. The fourth-order valence-corrected chi connectivity index (χ4v) is 3.60. The van der Waals surface area contributed by atoms with E-state index in [2.05, 4.69) is 6.92 Å². The number of esters is 1. The molecule has 0 aliphatic rings. The summed E-state index contributed by atoms with van der Waals surface area (Å²) in [6.45, 7) is 6.54. The van der Waals surface area contributed by atoms with Crippen molar-refractivity contribution in [2.45, 2.75) is 72.1 Å². The second-order valence-electron chi connectivity index (χ2n) is 5.30. The molecule has 0 fully saturated rings.